The second kappa shape index (κ2) is 7.70. The highest BCUT2D eigenvalue weighted by atomic mass is 16.6. The molecule has 1 fully saturated rings. The number of nitrogens with zero attached hydrogens (tertiary/aromatic N) is 2. The number of nitrogens with one attached hydrogen (secondary N) is 1. The number of hydrogen-bond acceptors (Lipinski definition) is 4. The molecule has 1 heterocycles. The molecule has 1 N–H and O–H groups in total. The van der Waals surface area contributed by atoms with Crippen LogP contribution in [0.4, 0.5) is 4.79 Å². The zero-order chi connectivity index (χ0) is 18.6. The summed E-state index contributed by atoms with van der Waals surface area (Å²) in [6.07, 6.45) is -0.522. The quantitative estimate of drug-likeness (QED) is 0.848. The third-order valence-corrected chi connectivity index (χ3v) is 4.07. The van der Waals surface area contributed by atoms with E-state index in [0.717, 1.165) is 5.71 Å². The van der Waals surface area contributed by atoms with Gasteiger partial charge >= 0.3 is 6.09 Å². The molecule has 0 atom stereocenters. The van der Waals surface area contributed by atoms with Gasteiger partial charge in [-0.25, -0.2) is 10.2 Å². The lowest BCUT2D eigenvalue weighted by molar-refractivity contribution is 0.0528. The van der Waals surface area contributed by atoms with Crippen LogP contribution in [0.25, 0.3) is 0 Å². The Morgan fingerprint density at radius 1 is 1.00 bits per heavy atom. The van der Waals surface area contributed by atoms with Crippen LogP contribution in [0.5, 0.6) is 0 Å². The first-order valence-corrected chi connectivity index (χ1v) is 8.81. The Morgan fingerprint density at radius 2 is 1.50 bits per heavy atom. The van der Waals surface area contributed by atoms with Gasteiger partial charge in [0.05, 0.1) is 11.8 Å². The Morgan fingerprint density at radius 3 is 1.96 bits per heavy atom. The summed E-state index contributed by atoms with van der Waals surface area (Å²) in [6.45, 7) is 6.91. The first kappa shape index (κ1) is 18.1. The van der Waals surface area contributed by atoms with Gasteiger partial charge in [0.25, 0.3) is 0 Å². The van der Waals surface area contributed by atoms with E-state index in [4.69, 9.17) is 4.74 Å². The van der Waals surface area contributed by atoms with Crippen molar-refractivity contribution >= 4 is 11.8 Å². The number of hydrazone groups is 1. The van der Waals surface area contributed by atoms with E-state index in [-0.39, 0.29) is 6.04 Å². The number of hydrogen-bond donors (Lipinski definition) is 1. The van der Waals surface area contributed by atoms with Crippen molar-refractivity contribution in [2.75, 3.05) is 13.1 Å². The van der Waals surface area contributed by atoms with Gasteiger partial charge in [0.2, 0.25) is 0 Å². The van der Waals surface area contributed by atoms with Gasteiger partial charge in [-0.2, -0.15) is 5.10 Å². The first-order valence-electron chi connectivity index (χ1n) is 8.81. The Bertz CT molecular complexity index is 719. The van der Waals surface area contributed by atoms with Crippen molar-refractivity contribution in [3.63, 3.8) is 0 Å². The minimum absolute atomic E-state index is 0.179. The van der Waals surface area contributed by atoms with E-state index in [0.29, 0.717) is 13.1 Å². The van der Waals surface area contributed by atoms with E-state index < -0.39 is 11.7 Å². The predicted octanol–water partition coefficient (Wildman–Crippen LogP) is 3.97. The third kappa shape index (κ3) is 4.70. The van der Waals surface area contributed by atoms with E-state index in [9.17, 15) is 4.79 Å². The molecule has 136 valence electrons. The zero-order valence-corrected chi connectivity index (χ0v) is 15.5. The molecule has 5 heteroatoms. The molecule has 1 amide bonds. The molecule has 0 bridgehead atoms. The monoisotopic (exact) mass is 351 g/mol. The zero-order valence-electron chi connectivity index (χ0n) is 15.5. The number of carbonyl (C=O) groups is 1. The Hall–Kier alpha value is -2.66. The number of benzene rings is 2. The highest BCUT2D eigenvalue weighted by Gasteiger charge is 2.31. The van der Waals surface area contributed by atoms with Gasteiger partial charge in [0.15, 0.2) is 0 Å². The maximum absolute atomic E-state index is 11.7. The summed E-state index contributed by atoms with van der Waals surface area (Å²) in [5.41, 5.74) is 5.39. The van der Waals surface area contributed by atoms with E-state index in [2.05, 4.69) is 64.0 Å². The Balaban J connectivity index is 1.66. The summed E-state index contributed by atoms with van der Waals surface area (Å²) < 4.78 is 5.20. The van der Waals surface area contributed by atoms with Crippen LogP contribution in [0.3, 0.4) is 0 Å². The van der Waals surface area contributed by atoms with Crippen molar-refractivity contribution in [3.8, 4) is 0 Å². The SMILES string of the molecule is CC(C)(C)OC(=O)NN=C1CN(C(c2ccccc2)c2ccccc2)C1. The van der Waals surface area contributed by atoms with Crippen molar-refractivity contribution in [1.82, 2.24) is 10.3 Å². The number of amides is 1. The lowest BCUT2D eigenvalue weighted by atomic mass is 9.94. The largest absolute Gasteiger partial charge is 0.443 e. The van der Waals surface area contributed by atoms with Crippen molar-refractivity contribution < 1.29 is 9.53 Å². The minimum Gasteiger partial charge on any atom is -0.443 e. The van der Waals surface area contributed by atoms with Crippen molar-refractivity contribution in [2.24, 2.45) is 5.10 Å². The van der Waals surface area contributed by atoms with Crippen LogP contribution >= 0.6 is 0 Å². The van der Waals surface area contributed by atoms with Gasteiger partial charge in [-0.05, 0) is 31.9 Å². The summed E-state index contributed by atoms with van der Waals surface area (Å²) in [7, 11) is 0. The Kier molecular flexibility index (Phi) is 5.38. The topological polar surface area (TPSA) is 53.9 Å². The third-order valence-electron chi connectivity index (χ3n) is 4.07. The lowest BCUT2D eigenvalue weighted by Crippen LogP contribution is -2.50. The van der Waals surface area contributed by atoms with E-state index in [1.165, 1.54) is 11.1 Å². The molecule has 0 unspecified atom stereocenters. The number of carbonyl (C=O) groups excluding carboxylic acids is 1. The van der Waals surface area contributed by atoms with Gasteiger partial charge in [0, 0.05) is 13.1 Å². The van der Waals surface area contributed by atoms with Crippen molar-refractivity contribution in [2.45, 2.75) is 32.4 Å². The number of ether oxygens (including phenoxy) is 1. The number of likely N-dealkylation sites (tertiary alicyclic amines) is 1. The molecule has 1 aliphatic rings. The number of rotatable bonds is 4. The average molecular weight is 351 g/mol. The standard InChI is InChI=1S/C21H25N3O2/c1-21(2,3)26-20(25)23-22-18-14-24(15-18)19(16-10-6-4-7-11-16)17-12-8-5-9-13-17/h4-13,19H,14-15H2,1-3H3,(H,23,25). The second-order valence-corrected chi connectivity index (χ2v) is 7.42. The fraction of sp³-hybridized carbons (Fsp3) is 0.333. The maximum atomic E-state index is 11.7. The normalized spacial score (nSPS) is 14.7. The summed E-state index contributed by atoms with van der Waals surface area (Å²) >= 11 is 0. The molecular formula is C21H25N3O2. The fourth-order valence-corrected chi connectivity index (χ4v) is 2.99. The molecule has 0 spiro atoms. The molecular weight excluding hydrogens is 326 g/mol. The van der Waals surface area contributed by atoms with Crippen LogP contribution in [-0.4, -0.2) is 35.4 Å². The fourth-order valence-electron chi connectivity index (χ4n) is 2.99. The van der Waals surface area contributed by atoms with Gasteiger partial charge < -0.3 is 4.74 Å². The molecule has 3 rings (SSSR count). The van der Waals surface area contributed by atoms with E-state index in [1.807, 2.05) is 32.9 Å². The summed E-state index contributed by atoms with van der Waals surface area (Å²) in [5, 5.41) is 4.18. The first-order chi connectivity index (χ1) is 12.4. The highest BCUT2D eigenvalue weighted by Crippen LogP contribution is 2.31. The van der Waals surface area contributed by atoms with Crippen LogP contribution < -0.4 is 5.43 Å². The van der Waals surface area contributed by atoms with Crippen LogP contribution in [0.15, 0.2) is 65.8 Å². The summed E-state index contributed by atoms with van der Waals surface area (Å²) in [5.74, 6) is 0. The van der Waals surface area contributed by atoms with E-state index >= 15 is 0 Å². The molecule has 2 aromatic carbocycles. The molecule has 1 aliphatic heterocycles. The van der Waals surface area contributed by atoms with Gasteiger partial charge in [-0.1, -0.05) is 60.7 Å². The van der Waals surface area contributed by atoms with Crippen LogP contribution in [0.1, 0.15) is 37.9 Å². The van der Waals surface area contributed by atoms with Crippen molar-refractivity contribution in [3.05, 3.63) is 71.8 Å². The van der Waals surface area contributed by atoms with E-state index in [1.54, 1.807) is 0 Å². The molecule has 5 nitrogen and oxygen atoms in total. The lowest BCUT2D eigenvalue weighted by Gasteiger charge is -2.39. The molecule has 0 aromatic heterocycles. The molecule has 0 radical (unpaired) electrons. The van der Waals surface area contributed by atoms with Crippen LogP contribution in [0, 0.1) is 0 Å². The smallest absolute Gasteiger partial charge is 0.428 e. The molecule has 2 aromatic rings. The average Bonchev–Trinajstić information content (AvgIpc) is 2.57. The van der Waals surface area contributed by atoms with Crippen LogP contribution in [0.2, 0.25) is 0 Å². The minimum atomic E-state index is -0.526. The summed E-state index contributed by atoms with van der Waals surface area (Å²) in [6, 6.07) is 21.0. The predicted molar refractivity (Wildman–Crippen MR) is 103 cm³/mol. The summed E-state index contributed by atoms with van der Waals surface area (Å²) in [4.78, 5) is 14.0. The molecule has 0 saturated carbocycles. The van der Waals surface area contributed by atoms with Gasteiger partial charge in [-0.15, -0.1) is 0 Å². The second-order valence-electron chi connectivity index (χ2n) is 7.42. The van der Waals surface area contributed by atoms with Crippen LogP contribution in [-0.2, 0) is 4.74 Å². The van der Waals surface area contributed by atoms with Gasteiger partial charge in [0.1, 0.15) is 5.60 Å². The highest BCUT2D eigenvalue weighted by molar-refractivity contribution is 5.94. The Labute approximate surface area is 154 Å². The molecule has 0 aliphatic carbocycles. The molecule has 26 heavy (non-hydrogen) atoms. The maximum Gasteiger partial charge on any atom is 0.428 e. The van der Waals surface area contributed by atoms with Crippen molar-refractivity contribution in [1.29, 1.82) is 0 Å². The molecule has 1 saturated heterocycles. The van der Waals surface area contributed by atoms with Gasteiger partial charge in [-0.3, -0.25) is 4.90 Å².